The van der Waals surface area contributed by atoms with Crippen molar-refractivity contribution in [3.8, 4) is 17.2 Å². The molecule has 0 aliphatic rings. The van der Waals surface area contributed by atoms with Crippen molar-refractivity contribution in [2.45, 2.75) is 0 Å². The van der Waals surface area contributed by atoms with Gasteiger partial charge in [0.1, 0.15) is 17.2 Å². The lowest BCUT2D eigenvalue weighted by molar-refractivity contribution is 0.475. The Morgan fingerprint density at radius 1 is 0.390 bits per heavy atom. The second kappa shape index (κ2) is 19.1. The highest BCUT2D eigenvalue weighted by Gasteiger charge is 2.18. The van der Waals surface area contributed by atoms with Gasteiger partial charge in [0.05, 0.1) is 11.4 Å². The molecule has 1 N–H and O–H groups in total. The summed E-state index contributed by atoms with van der Waals surface area (Å²) in [6.07, 6.45) is 0. The first kappa shape index (κ1) is 39.0. The number of hydrogen-bond donors (Lipinski definition) is 1. The van der Waals surface area contributed by atoms with E-state index in [2.05, 4.69) is 136 Å². The number of halogens is 1. The number of aromatic hydroxyl groups is 1. The Kier molecular flexibility index (Phi) is 12.6. The minimum absolute atomic E-state index is 0.322. The van der Waals surface area contributed by atoms with Gasteiger partial charge in [0.15, 0.2) is 0 Å². The van der Waals surface area contributed by atoms with Crippen molar-refractivity contribution >= 4 is 88.6 Å². The van der Waals surface area contributed by atoms with Gasteiger partial charge >= 0.3 is 0 Å². The SMILES string of the molecule is Clc1cccc(N(c2ccccc2)c2csc3ccccc23)c1.Oc1ccccc1.c1ccc(Oc2cccc(N(c3ccccc3)c3csc4ccccc34)c2)cc1. The van der Waals surface area contributed by atoms with Crippen LogP contribution in [0, 0.1) is 0 Å². The number of thiophene rings is 2. The molecule has 2 aromatic heterocycles. The maximum absolute atomic E-state index is 8.63. The maximum Gasteiger partial charge on any atom is 0.129 e. The zero-order chi connectivity index (χ0) is 40.2. The Balaban J connectivity index is 0.000000144. The minimum Gasteiger partial charge on any atom is -0.508 e. The minimum atomic E-state index is 0.322. The highest BCUT2D eigenvalue weighted by atomic mass is 35.5. The fraction of sp³-hybridized carbons (Fsp3) is 0. The first-order chi connectivity index (χ1) is 29.1. The predicted octanol–water partition coefficient (Wildman–Crippen LogP) is 16.6. The molecule has 0 saturated heterocycles. The van der Waals surface area contributed by atoms with Gasteiger partial charge in [-0.25, -0.2) is 0 Å². The summed E-state index contributed by atoms with van der Waals surface area (Å²) in [5.74, 6) is 1.97. The lowest BCUT2D eigenvalue weighted by atomic mass is 10.1. The molecular weight excluding hydrogens is 784 g/mol. The van der Waals surface area contributed by atoms with E-state index in [1.54, 1.807) is 46.9 Å². The summed E-state index contributed by atoms with van der Waals surface area (Å²) in [6.45, 7) is 0. The number of ether oxygens (including phenoxy) is 1. The van der Waals surface area contributed by atoms with E-state index >= 15 is 0 Å². The molecule has 59 heavy (non-hydrogen) atoms. The number of nitrogens with zero attached hydrogens (tertiary/aromatic N) is 2. The summed E-state index contributed by atoms with van der Waals surface area (Å²) in [7, 11) is 0. The highest BCUT2D eigenvalue weighted by Crippen LogP contribution is 2.44. The molecule has 0 radical (unpaired) electrons. The predicted molar refractivity (Wildman–Crippen MR) is 253 cm³/mol. The van der Waals surface area contributed by atoms with Gasteiger partial charge in [-0.1, -0.05) is 133 Å². The molecule has 4 nitrogen and oxygen atoms in total. The average Bonchev–Trinajstić information content (AvgIpc) is 3.91. The Morgan fingerprint density at radius 2 is 0.797 bits per heavy atom. The number of rotatable bonds is 8. The molecule has 0 fully saturated rings. The second-order valence-electron chi connectivity index (χ2n) is 13.3. The molecule has 8 aromatic carbocycles. The molecule has 10 aromatic rings. The van der Waals surface area contributed by atoms with Crippen molar-refractivity contribution in [3.05, 3.63) is 234 Å². The van der Waals surface area contributed by atoms with Crippen LogP contribution in [0.1, 0.15) is 0 Å². The van der Waals surface area contributed by atoms with Gasteiger partial charge in [0, 0.05) is 64.8 Å². The second-order valence-corrected chi connectivity index (χ2v) is 15.6. The molecule has 0 aliphatic heterocycles. The third-order valence-corrected chi connectivity index (χ3v) is 11.4. The van der Waals surface area contributed by atoms with Crippen LogP contribution in [0.2, 0.25) is 5.02 Å². The number of benzene rings is 8. The summed E-state index contributed by atoms with van der Waals surface area (Å²) in [6, 6.07) is 72.7. The quantitative estimate of drug-likeness (QED) is 0.166. The molecule has 0 aliphatic carbocycles. The van der Waals surface area contributed by atoms with E-state index in [1.165, 1.54) is 31.5 Å². The van der Waals surface area contributed by atoms with Gasteiger partial charge in [0.25, 0.3) is 0 Å². The van der Waals surface area contributed by atoms with Crippen LogP contribution in [0.4, 0.5) is 34.1 Å². The van der Waals surface area contributed by atoms with E-state index in [0.717, 1.165) is 39.3 Å². The summed E-state index contributed by atoms with van der Waals surface area (Å²) >= 11 is 9.76. The summed E-state index contributed by atoms with van der Waals surface area (Å²) in [5.41, 5.74) is 6.72. The molecule has 0 saturated carbocycles. The van der Waals surface area contributed by atoms with E-state index in [1.807, 2.05) is 78.9 Å². The lowest BCUT2D eigenvalue weighted by Gasteiger charge is -2.25. The lowest BCUT2D eigenvalue weighted by Crippen LogP contribution is -2.09. The van der Waals surface area contributed by atoms with Crippen LogP contribution in [-0.2, 0) is 0 Å². The Hall–Kier alpha value is -6.83. The molecule has 0 atom stereocenters. The van der Waals surface area contributed by atoms with Gasteiger partial charge in [-0.05, 0) is 91.0 Å². The van der Waals surface area contributed by atoms with Gasteiger partial charge in [0.2, 0.25) is 0 Å². The standard InChI is InChI=1S/C26H19NOS.C20H14ClNS.C6H6O/c1-3-10-20(11-4-1)27(25-19-29-26-17-8-7-16-24(25)26)21-12-9-15-23(18-21)28-22-13-5-2-6-14-22;21-15-7-6-10-17(13-15)22(16-8-2-1-3-9-16)19-14-23-20-12-5-4-11-18(19)20;7-6-4-2-1-3-5-6/h1-19H;1-14H;1-5,7H. The first-order valence-electron chi connectivity index (χ1n) is 19.1. The topological polar surface area (TPSA) is 35.9 Å². The normalized spacial score (nSPS) is 10.5. The molecular formula is C52H39ClN2O2S2. The molecule has 2 heterocycles. The van der Waals surface area contributed by atoms with Crippen molar-refractivity contribution in [2.24, 2.45) is 0 Å². The summed E-state index contributed by atoms with van der Waals surface area (Å²) < 4.78 is 8.65. The van der Waals surface area contributed by atoms with Gasteiger partial charge in [-0.2, -0.15) is 0 Å². The van der Waals surface area contributed by atoms with Crippen molar-refractivity contribution in [1.82, 2.24) is 0 Å². The fourth-order valence-corrected chi connectivity index (χ4v) is 8.68. The molecule has 0 unspecified atom stereocenters. The van der Waals surface area contributed by atoms with Crippen LogP contribution in [0.15, 0.2) is 229 Å². The Bertz CT molecular complexity index is 2850. The van der Waals surface area contributed by atoms with E-state index in [-0.39, 0.29) is 0 Å². The van der Waals surface area contributed by atoms with Crippen LogP contribution in [0.25, 0.3) is 20.2 Å². The monoisotopic (exact) mass is 822 g/mol. The number of fused-ring (bicyclic) bond motifs is 2. The van der Waals surface area contributed by atoms with Crippen molar-refractivity contribution in [1.29, 1.82) is 0 Å². The zero-order valence-electron chi connectivity index (χ0n) is 31.9. The zero-order valence-corrected chi connectivity index (χ0v) is 34.3. The van der Waals surface area contributed by atoms with Crippen LogP contribution in [0.3, 0.4) is 0 Å². The fourth-order valence-electron chi connectivity index (χ4n) is 6.64. The summed E-state index contributed by atoms with van der Waals surface area (Å²) in [4.78, 5) is 4.54. The van der Waals surface area contributed by atoms with Crippen LogP contribution in [-0.4, -0.2) is 5.11 Å². The highest BCUT2D eigenvalue weighted by molar-refractivity contribution is 7.18. The Morgan fingerprint density at radius 3 is 1.29 bits per heavy atom. The number of phenols is 1. The number of anilines is 6. The Labute approximate surface area is 357 Å². The molecule has 10 rings (SSSR count). The first-order valence-corrected chi connectivity index (χ1v) is 21.2. The van der Waals surface area contributed by atoms with E-state index in [9.17, 15) is 0 Å². The van der Waals surface area contributed by atoms with Crippen molar-refractivity contribution < 1.29 is 9.84 Å². The van der Waals surface area contributed by atoms with Gasteiger partial charge in [-0.3, -0.25) is 0 Å². The number of phenolic OH excluding ortho intramolecular Hbond substituents is 1. The van der Waals surface area contributed by atoms with Crippen molar-refractivity contribution in [3.63, 3.8) is 0 Å². The van der Waals surface area contributed by atoms with Crippen LogP contribution >= 0.6 is 34.3 Å². The van der Waals surface area contributed by atoms with Crippen LogP contribution in [0.5, 0.6) is 17.2 Å². The molecule has 7 heteroatoms. The van der Waals surface area contributed by atoms with Crippen LogP contribution < -0.4 is 14.5 Å². The largest absolute Gasteiger partial charge is 0.508 e. The van der Waals surface area contributed by atoms with E-state index in [4.69, 9.17) is 21.4 Å². The molecule has 0 bridgehead atoms. The smallest absolute Gasteiger partial charge is 0.129 e. The number of para-hydroxylation sites is 4. The van der Waals surface area contributed by atoms with Gasteiger partial charge in [-0.15, -0.1) is 22.7 Å². The number of hydrogen-bond acceptors (Lipinski definition) is 6. The maximum atomic E-state index is 8.63. The summed E-state index contributed by atoms with van der Waals surface area (Å²) in [5, 5.41) is 16.3. The van der Waals surface area contributed by atoms with E-state index < -0.39 is 0 Å². The third-order valence-electron chi connectivity index (χ3n) is 9.31. The van der Waals surface area contributed by atoms with Crippen molar-refractivity contribution in [2.75, 3.05) is 9.80 Å². The van der Waals surface area contributed by atoms with Gasteiger partial charge < -0.3 is 19.6 Å². The molecule has 288 valence electrons. The van der Waals surface area contributed by atoms with E-state index in [0.29, 0.717) is 5.75 Å². The molecule has 0 amide bonds. The third kappa shape index (κ3) is 9.66. The average molecular weight is 823 g/mol. The molecule has 0 spiro atoms.